The molecule has 176 valence electrons. The van der Waals surface area contributed by atoms with Gasteiger partial charge in [-0.2, -0.15) is 18.3 Å². The number of carbonyl (C=O) groups is 1. The molecule has 1 saturated heterocycles. The standard InChI is InChI=1S/C22H16Cl2F3N5OS/c23-13-2-1-3-14(10-13)30-6-8-31(9-7-30)21(33)16-12-20-28-15(17-4-5-19(24)34-17)11-18(22(25,26)27)32(20)29-16/h1-5,10-12H,6-9H2. The van der Waals surface area contributed by atoms with Gasteiger partial charge in [0.15, 0.2) is 17.0 Å². The zero-order chi connectivity index (χ0) is 24.0. The second-order valence-corrected chi connectivity index (χ2v) is 9.84. The van der Waals surface area contributed by atoms with E-state index in [0.717, 1.165) is 23.1 Å². The molecule has 1 fully saturated rings. The van der Waals surface area contributed by atoms with Crippen molar-refractivity contribution >= 4 is 51.8 Å². The molecule has 0 radical (unpaired) electrons. The number of piperazine rings is 1. The van der Waals surface area contributed by atoms with E-state index in [2.05, 4.69) is 15.0 Å². The molecular weight excluding hydrogens is 510 g/mol. The lowest BCUT2D eigenvalue weighted by molar-refractivity contribution is -0.142. The Hall–Kier alpha value is -2.82. The minimum absolute atomic E-state index is 0.0599. The average Bonchev–Trinajstić information content (AvgIpc) is 3.43. The van der Waals surface area contributed by atoms with Crippen LogP contribution in [0.3, 0.4) is 0 Å². The van der Waals surface area contributed by atoms with Crippen LogP contribution in [0.15, 0.2) is 48.5 Å². The quantitative estimate of drug-likeness (QED) is 0.342. The van der Waals surface area contributed by atoms with Crippen LogP contribution in [0, 0.1) is 0 Å². The molecule has 6 nitrogen and oxygen atoms in total. The van der Waals surface area contributed by atoms with Crippen LogP contribution in [0.2, 0.25) is 9.36 Å². The zero-order valence-corrected chi connectivity index (χ0v) is 19.7. The second-order valence-electron chi connectivity index (χ2n) is 7.69. The maximum absolute atomic E-state index is 13.8. The number of hydrogen-bond acceptors (Lipinski definition) is 5. The first-order chi connectivity index (χ1) is 16.2. The summed E-state index contributed by atoms with van der Waals surface area (Å²) in [6, 6.07) is 12.8. The number of amides is 1. The minimum Gasteiger partial charge on any atom is -0.368 e. The van der Waals surface area contributed by atoms with Gasteiger partial charge in [0, 0.05) is 43.0 Å². The van der Waals surface area contributed by atoms with E-state index in [4.69, 9.17) is 23.2 Å². The minimum atomic E-state index is -4.69. The first kappa shape index (κ1) is 22.9. The Morgan fingerprint density at radius 3 is 2.41 bits per heavy atom. The summed E-state index contributed by atoms with van der Waals surface area (Å²) in [7, 11) is 0. The van der Waals surface area contributed by atoms with Crippen molar-refractivity contribution in [3.63, 3.8) is 0 Å². The van der Waals surface area contributed by atoms with Crippen molar-refractivity contribution in [1.82, 2.24) is 19.5 Å². The van der Waals surface area contributed by atoms with Crippen LogP contribution in [-0.2, 0) is 6.18 Å². The third kappa shape index (κ3) is 4.45. The Labute approximate surface area is 206 Å². The van der Waals surface area contributed by atoms with E-state index in [0.29, 0.717) is 44.9 Å². The number of fused-ring (bicyclic) bond motifs is 1. The number of thiophene rings is 1. The first-order valence-electron chi connectivity index (χ1n) is 10.2. The molecule has 1 amide bonds. The van der Waals surface area contributed by atoms with E-state index >= 15 is 0 Å². The largest absolute Gasteiger partial charge is 0.433 e. The van der Waals surface area contributed by atoms with Crippen molar-refractivity contribution < 1.29 is 18.0 Å². The van der Waals surface area contributed by atoms with Crippen molar-refractivity contribution in [2.75, 3.05) is 31.1 Å². The van der Waals surface area contributed by atoms with Crippen LogP contribution in [0.4, 0.5) is 18.9 Å². The van der Waals surface area contributed by atoms with Gasteiger partial charge < -0.3 is 9.80 Å². The molecule has 4 aromatic rings. The monoisotopic (exact) mass is 525 g/mol. The van der Waals surface area contributed by atoms with Crippen LogP contribution in [0.25, 0.3) is 16.2 Å². The molecule has 0 bridgehead atoms. The number of benzene rings is 1. The lowest BCUT2D eigenvalue weighted by Crippen LogP contribution is -2.48. The van der Waals surface area contributed by atoms with Gasteiger partial charge in [-0.1, -0.05) is 29.3 Å². The number of hydrogen-bond donors (Lipinski definition) is 0. The molecule has 0 N–H and O–H groups in total. The number of nitrogens with zero attached hydrogens (tertiary/aromatic N) is 5. The molecule has 0 atom stereocenters. The Bertz CT molecular complexity index is 1380. The topological polar surface area (TPSA) is 53.7 Å². The summed E-state index contributed by atoms with van der Waals surface area (Å²) < 4.78 is 42.5. The van der Waals surface area contributed by atoms with Crippen LogP contribution < -0.4 is 4.90 Å². The molecule has 4 heterocycles. The average molecular weight is 526 g/mol. The van der Waals surface area contributed by atoms with Gasteiger partial charge in [-0.3, -0.25) is 4.79 Å². The zero-order valence-electron chi connectivity index (χ0n) is 17.4. The Morgan fingerprint density at radius 2 is 1.76 bits per heavy atom. The highest BCUT2D eigenvalue weighted by atomic mass is 35.5. The van der Waals surface area contributed by atoms with Crippen molar-refractivity contribution in [1.29, 1.82) is 0 Å². The number of aromatic nitrogens is 3. The SMILES string of the molecule is O=C(c1cc2nc(-c3ccc(Cl)s3)cc(C(F)(F)F)n2n1)N1CCN(c2cccc(Cl)c2)CC1. The normalized spacial score (nSPS) is 14.7. The van der Waals surface area contributed by atoms with Crippen LogP contribution in [0.5, 0.6) is 0 Å². The molecule has 1 aromatic carbocycles. The summed E-state index contributed by atoms with van der Waals surface area (Å²) in [6.45, 7) is 1.93. The lowest BCUT2D eigenvalue weighted by atomic mass is 10.2. The summed E-state index contributed by atoms with van der Waals surface area (Å²) in [4.78, 5) is 21.5. The molecule has 3 aromatic heterocycles. The number of rotatable bonds is 3. The Morgan fingerprint density at radius 1 is 1.00 bits per heavy atom. The molecule has 0 saturated carbocycles. The van der Waals surface area contributed by atoms with Gasteiger partial charge in [-0.25, -0.2) is 9.50 Å². The molecule has 1 aliphatic rings. The van der Waals surface area contributed by atoms with Gasteiger partial charge in [0.25, 0.3) is 5.91 Å². The van der Waals surface area contributed by atoms with Gasteiger partial charge in [0.05, 0.1) is 14.9 Å². The summed E-state index contributed by atoms with van der Waals surface area (Å²) in [5, 5.41) is 4.60. The van der Waals surface area contributed by atoms with Gasteiger partial charge in [-0.05, 0) is 36.4 Å². The number of halogens is 5. The van der Waals surface area contributed by atoms with Crippen molar-refractivity contribution in [3.05, 3.63) is 69.3 Å². The van der Waals surface area contributed by atoms with Gasteiger partial charge in [0.1, 0.15) is 0 Å². The molecule has 0 unspecified atom stereocenters. The van der Waals surface area contributed by atoms with Crippen molar-refractivity contribution in [2.45, 2.75) is 6.18 Å². The predicted molar refractivity (Wildman–Crippen MR) is 126 cm³/mol. The fourth-order valence-electron chi connectivity index (χ4n) is 3.86. The van der Waals surface area contributed by atoms with E-state index < -0.39 is 17.8 Å². The van der Waals surface area contributed by atoms with Gasteiger partial charge >= 0.3 is 6.18 Å². The lowest BCUT2D eigenvalue weighted by Gasteiger charge is -2.35. The van der Waals surface area contributed by atoms with E-state index in [1.807, 2.05) is 18.2 Å². The molecule has 0 spiro atoms. The molecule has 0 aliphatic carbocycles. The fraction of sp³-hybridized carbons (Fsp3) is 0.227. The fourth-order valence-corrected chi connectivity index (χ4v) is 5.05. The van der Waals surface area contributed by atoms with Gasteiger partial charge in [-0.15, -0.1) is 11.3 Å². The maximum atomic E-state index is 13.8. The summed E-state index contributed by atoms with van der Waals surface area (Å²) in [6.07, 6.45) is -4.69. The maximum Gasteiger partial charge on any atom is 0.433 e. The van der Waals surface area contributed by atoms with Crippen molar-refractivity contribution in [3.8, 4) is 10.6 Å². The van der Waals surface area contributed by atoms with E-state index in [9.17, 15) is 18.0 Å². The van der Waals surface area contributed by atoms with Crippen LogP contribution in [-0.4, -0.2) is 51.6 Å². The highest BCUT2D eigenvalue weighted by molar-refractivity contribution is 7.19. The first-order valence-corrected chi connectivity index (χ1v) is 11.8. The molecule has 1 aliphatic heterocycles. The highest BCUT2D eigenvalue weighted by Crippen LogP contribution is 2.35. The molecular formula is C22H16Cl2F3N5OS. The smallest absolute Gasteiger partial charge is 0.368 e. The number of alkyl halides is 3. The Balaban J connectivity index is 1.42. The summed E-state index contributed by atoms with van der Waals surface area (Å²) in [5.41, 5.74) is -0.0917. The van der Waals surface area contributed by atoms with Crippen LogP contribution >= 0.6 is 34.5 Å². The summed E-state index contributed by atoms with van der Waals surface area (Å²) in [5.74, 6) is -0.440. The van der Waals surface area contributed by atoms with E-state index in [1.54, 1.807) is 23.1 Å². The Kier molecular flexibility index (Phi) is 5.91. The third-order valence-corrected chi connectivity index (χ3v) is 6.99. The molecule has 5 rings (SSSR count). The molecule has 12 heteroatoms. The predicted octanol–water partition coefficient (Wildman–Crippen LogP) is 5.75. The van der Waals surface area contributed by atoms with Gasteiger partial charge in [0.2, 0.25) is 0 Å². The third-order valence-electron chi connectivity index (χ3n) is 5.50. The van der Waals surface area contributed by atoms with Crippen LogP contribution in [0.1, 0.15) is 16.2 Å². The van der Waals surface area contributed by atoms with E-state index in [-0.39, 0.29) is 17.0 Å². The molecule has 34 heavy (non-hydrogen) atoms. The number of anilines is 1. The van der Waals surface area contributed by atoms with E-state index in [1.165, 1.54) is 6.07 Å². The second kappa shape index (κ2) is 8.75. The highest BCUT2D eigenvalue weighted by Gasteiger charge is 2.36. The number of carbonyl (C=O) groups excluding carboxylic acids is 1. The van der Waals surface area contributed by atoms with Crippen molar-refractivity contribution in [2.24, 2.45) is 0 Å². The summed E-state index contributed by atoms with van der Waals surface area (Å²) >= 11 is 13.1.